The minimum Gasteiger partial charge on any atom is -0.481 e. The number of carboxylic acids is 1. The lowest BCUT2D eigenvalue weighted by molar-refractivity contribution is -0.133. The first-order chi connectivity index (χ1) is 9.16. The summed E-state index contributed by atoms with van der Waals surface area (Å²) in [5.41, 5.74) is 0. The van der Waals surface area contributed by atoms with Crippen LogP contribution in [0.5, 0.6) is 0 Å². The number of rotatable bonds is 7. The topological polar surface area (TPSA) is 85.8 Å². The zero-order valence-electron chi connectivity index (χ0n) is 10.6. The van der Waals surface area contributed by atoms with Crippen LogP contribution in [0.2, 0.25) is 0 Å². The normalized spacial score (nSPS) is 10.8. The number of thioether (sulfide) groups is 1. The molecule has 2 heterocycles. The molecule has 2 rings (SSSR count). The smallest absolute Gasteiger partial charge is 0.313 e. The Labute approximate surface area is 114 Å². The predicted molar refractivity (Wildman–Crippen MR) is 70.0 cm³/mol. The van der Waals surface area contributed by atoms with Crippen molar-refractivity contribution in [3.05, 3.63) is 24.3 Å². The van der Waals surface area contributed by atoms with Crippen LogP contribution in [0, 0.1) is 6.92 Å². The quantitative estimate of drug-likeness (QED) is 0.763. The Morgan fingerprint density at radius 2 is 2.26 bits per heavy atom. The maximum absolute atomic E-state index is 10.6. The minimum absolute atomic E-state index is 0.00269. The molecule has 0 bridgehead atoms. The van der Waals surface area contributed by atoms with E-state index in [9.17, 15) is 4.79 Å². The molecule has 0 saturated heterocycles. The molecule has 102 valence electrons. The Morgan fingerprint density at radius 3 is 2.95 bits per heavy atom. The van der Waals surface area contributed by atoms with Gasteiger partial charge in [-0.15, -0.1) is 10.2 Å². The van der Waals surface area contributed by atoms with Crippen LogP contribution in [0.3, 0.4) is 0 Å². The maximum Gasteiger partial charge on any atom is 0.313 e. The largest absolute Gasteiger partial charge is 0.481 e. The SMILES string of the molecule is Cc1nnc(SCC(=O)O)n1CCCn1cccn1. The molecule has 0 aromatic carbocycles. The summed E-state index contributed by atoms with van der Waals surface area (Å²) in [4.78, 5) is 10.6. The third kappa shape index (κ3) is 3.82. The second-order valence-electron chi connectivity index (χ2n) is 3.99. The molecule has 0 aliphatic heterocycles. The van der Waals surface area contributed by atoms with Gasteiger partial charge in [0.2, 0.25) is 0 Å². The van der Waals surface area contributed by atoms with Gasteiger partial charge >= 0.3 is 5.97 Å². The zero-order valence-corrected chi connectivity index (χ0v) is 11.4. The van der Waals surface area contributed by atoms with E-state index in [2.05, 4.69) is 15.3 Å². The second-order valence-corrected chi connectivity index (χ2v) is 4.93. The average molecular weight is 281 g/mol. The lowest BCUT2D eigenvalue weighted by atomic mass is 10.4. The van der Waals surface area contributed by atoms with Crippen molar-refractivity contribution in [1.29, 1.82) is 0 Å². The van der Waals surface area contributed by atoms with Crippen molar-refractivity contribution in [2.45, 2.75) is 31.6 Å². The molecular weight excluding hydrogens is 266 g/mol. The molecule has 0 unspecified atom stereocenters. The van der Waals surface area contributed by atoms with Crippen LogP contribution in [0.4, 0.5) is 0 Å². The van der Waals surface area contributed by atoms with E-state index in [0.29, 0.717) is 5.16 Å². The zero-order chi connectivity index (χ0) is 13.7. The molecule has 0 radical (unpaired) electrons. The van der Waals surface area contributed by atoms with E-state index >= 15 is 0 Å². The molecule has 0 amide bonds. The highest BCUT2D eigenvalue weighted by molar-refractivity contribution is 7.99. The fourth-order valence-electron chi connectivity index (χ4n) is 1.68. The summed E-state index contributed by atoms with van der Waals surface area (Å²) in [5.74, 6) is -0.0563. The Bertz CT molecular complexity index is 537. The van der Waals surface area contributed by atoms with Gasteiger partial charge < -0.3 is 9.67 Å². The molecule has 7 nitrogen and oxygen atoms in total. The van der Waals surface area contributed by atoms with Gasteiger partial charge in [0, 0.05) is 25.5 Å². The standard InChI is InChI=1S/C11H15N5O2S/c1-9-13-14-11(19-8-10(17)18)16(9)7-3-6-15-5-2-4-12-15/h2,4-5H,3,6-8H2,1H3,(H,17,18). The highest BCUT2D eigenvalue weighted by atomic mass is 32.2. The van der Waals surface area contributed by atoms with E-state index in [1.807, 2.05) is 28.4 Å². The van der Waals surface area contributed by atoms with Crippen molar-refractivity contribution in [2.24, 2.45) is 0 Å². The summed E-state index contributed by atoms with van der Waals surface area (Å²) < 4.78 is 3.81. The van der Waals surface area contributed by atoms with E-state index in [0.717, 1.165) is 25.3 Å². The first-order valence-electron chi connectivity index (χ1n) is 5.88. The molecule has 19 heavy (non-hydrogen) atoms. The summed E-state index contributed by atoms with van der Waals surface area (Å²) in [5, 5.41) is 21.4. The van der Waals surface area contributed by atoms with Crippen LogP contribution < -0.4 is 0 Å². The van der Waals surface area contributed by atoms with Crippen molar-refractivity contribution in [1.82, 2.24) is 24.5 Å². The van der Waals surface area contributed by atoms with Crippen LogP contribution >= 0.6 is 11.8 Å². The van der Waals surface area contributed by atoms with E-state index in [-0.39, 0.29) is 5.75 Å². The number of aliphatic carboxylic acids is 1. The van der Waals surface area contributed by atoms with Crippen molar-refractivity contribution in [3.8, 4) is 0 Å². The maximum atomic E-state index is 10.6. The van der Waals surface area contributed by atoms with Crippen LogP contribution in [0.1, 0.15) is 12.2 Å². The van der Waals surface area contributed by atoms with E-state index in [1.165, 1.54) is 11.8 Å². The lowest BCUT2D eigenvalue weighted by Crippen LogP contribution is -2.08. The van der Waals surface area contributed by atoms with Gasteiger partial charge in [0.25, 0.3) is 0 Å². The average Bonchev–Trinajstić information content (AvgIpc) is 2.99. The van der Waals surface area contributed by atoms with Gasteiger partial charge in [-0.25, -0.2) is 0 Å². The number of carbonyl (C=O) groups is 1. The Balaban J connectivity index is 1.91. The summed E-state index contributed by atoms with van der Waals surface area (Å²) in [6.45, 7) is 3.43. The number of aryl methyl sites for hydroxylation is 2. The summed E-state index contributed by atoms with van der Waals surface area (Å²) in [6, 6.07) is 1.89. The van der Waals surface area contributed by atoms with Crippen molar-refractivity contribution < 1.29 is 9.90 Å². The van der Waals surface area contributed by atoms with Crippen LogP contribution in [0.15, 0.2) is 23.6 Å². The number of carboxylic acid groups (broad SMARTS) is 1. The molecule has 0 saturated carbocycles. The fraction of sp³-hybridized carbons (Fsp3) is 0.455. The van der Waals surface area contributed by atoms with E-state index in [4.69, 9.17) is 5.11 Å². The van der Waals surface area contributed by atoms with Crippen molar-refractivity contribution in [2.75, 3.05) is 5.75 Å². The van der Waals surface area contributed by atoms with E-state index in [1.54, 1.807) is 6.20 Å². The molecule has 0 aliphatic rings. The van der Waals surface area contributed by atoms with Gasteiger partial charge in [0.15, 0.2) is 5.16 Å². The first-order valence-corrected chi connectivity index (χ1v) is 6.87. The van der Waals surface area contributed by atoms with Gasteiger partial charge in [-0.3, -0.25) is 9.48 Å². The highest BCUT2D eigenvalue weighted by Crippen LogP contribution is 2.17. The molecule has 2 aromatic heterocycles. The predicted octanol–water partition coefficient (Wildman–Crippen LogP) is 1.05. The van der Waals surface area contributed by atoms with Gasteiger partial charge in [-0.1, -0.05) is 11.8 Å². The summed E-state index contributed by atoms with van der Waals surface area (Å²) in [6.07, 6.45) is 4.55. The van der Waals surface area contributed by atoms with Gasteiger partial charge in [-0.05, 0) is 19.4 Å². The Hall–Kier alpha value is -1.83. The monoisotopic (exact) mass is 281 g/mol. The van der Waals surface area contributed by atoms with Crippen LogP contribution in [0.25, 0.3) is 0 Å². The number of nitrogens with zero attached hydrogens (tertiary/aromatic N) is 5. The summed E-state index contributed by atoms with van der Waals surface area (Å²) in [7, 11) is 0. The third-order valence-corrected chi connectivity index (χ3v) is 3.51. The third-order valence-electron chi connectivity index (χ3n) is 2.55. The Morgan fingerprint density at radius 1 is 1.42 bits per heavy atom. The highest BCUT2D eigenvalue weighted by Gasteiger charge is 2.10. The Kier molecular flexibility index (Phi) is 4.56. The summed E-state index contributed by atoms with van der Waals surface area (Å²) >= 11 is 1.19. The van der Waals surface area contributed by atoms with Crippen molar-refractivity contribution >= 4 is 17.7 Å². The molecule has 0 atom stereocenters. The van der Waals surface area contributed by atoms with E-state index < -0.39 is 5.97 Å². The van der Waals surface area contributed by atoms with Gasteiger partial charge in [0.1, 0.15) is 5.82 Å². The molecular formula is C11H15N5O2S. The van der Waals surface area contributed by atoms with Crippen molar-refractivity contribution in [3.63, 3.8) is 0 Å². The minimum atomic E-state index is -0.853. The number of aromatic nitrogens is 5. The molecule has 0 fully saturated rings. The molecule has 1 N–H and O–H groups in total. The first kappa shape index (κ1) is 13.6. The number of hydrogen-bond acceptors (Lipinski definition) is 5. The van der Waals surface area contributed by atoms with Gasteiger partial charge in [-0.2, -0.15) is 5.10 Å². The van der Waals surface area contributed by atoms with Crippen LogP contribution in [-0.2, 0) is 17.9 Å². The fourth-order valence-corrected chi connectivity index (χ4v) is 2.41. The van der Waals surface area contributed by atoms with Crippen LogP contribution in [-0.4, -0.2) is 41.4 Å². The second kappa shape index (κ2) is 6.37. The van der Waals surface area contributed by atoms with Gasteiger partial charge in [0.05, 0.1) is 5.75 Å². The molecule has 0 spiro atoms. The molecule has 2 aromatic rings. The molecule has 0 aliphatic carbocycles. The molecule has 8 heteroatoms. The lowest BCUT2D eigenvalue weighted by Gasteiger charge is -2.07. The number of hydrogen-bond donors (Lipinski definition) is 1.